The summed E-state index contributed by atoms with van der Waals surface area (Å²) in [6.07, 6.45) is 9.24. The van der Waals surface area contributed by atoms with Crippen molar-refractivity contribution in [3.05, 3.63) is 41.2 Å². The Morgan fingerprint density at radius 2 is 1.89 bits per heavy atom. The highest BCUT2D eigenvalue weighted by Crippen LogP contribution is 2.67. The van der Waals surface area contributed by atoms with Crippen LogP contribution < -0.4 is 5.32 Å². The summed E-state index contributed by atoms with van der Waals surface area (Å²) < 4.78 is 1.53. The van der Waals surface area contributed by atoms with E-state index in [9.17, 15) is 19.2 Å². The van der Waals surface area contributed by atoms with Gasteiger partial charge < -0.3 is 9.80 Å². The number of carbonyl (C=O) groups excluding carboxylic acids is 4. The van der Waals surface area contributed by atoms with Crippen molar-refractivity contribution in [3.63, 3.8) is 0 Å². The molecular weight excluding hydrogens is 448 g/mol. The molecule has 1 unspecified atom stereocenters. The van der Waals surface area contributed by atoms with Gasteiger partial charge in [0.1, 0.15) is 6.04 Å². The van der Waals surface area contributed by atoms with Crippen LogP contribution in [0.3, 0.4) is 0 Å². The Kier molecular flexibility index (Phi) is 4.15. The zero-order valence-electron chi connectivity index (χ0n) is 19.3. The maximum absolute atomic E-state index is 13.3. The second kappa shape index (κ2) is 6.99. The molecule has 4 fully saturated rings. The number of nitrogens with zero attached hydrogens (tertiary/aromatic N) is 5. The van der Waals surface area contributed by atoms with E-state index in [0.29, 0.717) is 35.3 Å². The SMILES string of the molecule is O=C1CCC(N2Cc3ccc(-n4cc(C(=O)N5CC6(CCC6)C56CCC6)nn4)cc3C2=O)C(=O)N1. The summed E-state index contributed by atoms with van der Waals surface area (Å²) in [5.74, 6) is -1.04. The fourth-order valence-corrected chi connectivity index (χ4v) is 6.91. The van der Waals surface area contributed by atoms with Gasteiger partial charge in [-0.3, -0.25) is 24.5 Å². The van der Waals surface area contributed by atoms with Gasteiger partial charge in [0.2, 0.25) is 11.8 Å². The highest BCUT2D eigenvalue weighted by molar-refractivity contribution is 6.05. The van der Waals surface area contributed by atoms with Crippen LogP contribution in [0.4, 0.5) is 0 Å². The number of rotatable bonds is 3. The number of benzene rings is 1. The molecule has 0 bridgehead atoms. The first-order valence-corrected chi connectivity index (χ1v) is 12.4. The molecule has 7 rings (SSSR count). The van der Waals surface area contributed by atoms with E-state index in [-0.39, 0.29) is 29.7 Å². The highest BCUT2D eigenvalue weighted by Gasteiger charge is 2.69. The molecule has 1 atom stereocenters. The van der Waals surface area contributed by atoms with Crippen molar-refractivity contribution < 1.29 is 19.2 Å². The molecule has 2 aliphatic carbocycles. The minimum absolute atomic E-state index is 0.0333. The molecule has 180 valence electrons. The molecule has 10 nitrogen and oxygen atoms in total. The molecule has 5 aliphatic rings. The maximum Gasteiger partial charge on any atom is 0.276 e. The fourth-order valence-electron chi connectivity index (χ4n) is 6.91. The average molecular weight is 475 g/mol. The third-order valence-electron chi connectivity index (χ3n) is 9.19. The summed E-state index contributed by atoms with van der Waals surface area (Å²) in [4.78, 5) is 53.7. The molecule has 2 aromatic rings. The van der Waals surface area contributed by atoms with E-state index in [1.165, 1.54) is 35.3 Å². The van der Waals surface area contributed by atoms with Crippen LogP contribution in [0.15, 0.2) is 24.4 Å². The van der Waals surface area contributed by atoms with Gasteiger partial charge in [-0.25, -0.2) is 4.68 Å². The number of hydrogen-bond acceptors (Lipinski definition) is 6. The second-order valence-electron chi connectivity index (χ2n) is 10.7. The van der Waals surface area contributed by atoms with Crippen LogP contribution in [0.25, 0.3) is 5.69 Å². The first-order chi connectivity index (χ1) is 16.9. The minimum Gasteiger partial charge on any atom is -0.330 e. The number of likely N-dealkylation sites (tertiary alicyclic amines) is 1. The predicted octanol–water partition coefficient (Wildman–Crippen LogP) is 1.58. The summed E-state index contributed by atoms with van der Waals surface area (Å²) in [5.41, 5.74) is 2.64. The molecule has 4 heterocycles. The first-order valence-electron chi connectivity index (χ1n) is 12.4. The van der Waals surface area contributed by atoms with Crippen LogP contribution in [0.2, 0.25) is 0 Å². The first kappa shape index (κ1) is 20.8. The van der Waals surface area contributed by atoms with Crippen molar-refractivity contribution >= 4 is 23.6 Å². The lowest BCUT2D eigenvalue weighted by atomic mass is 9.44. The number of piperidine rings is 1. The van der Waals surface area contributed by atoms with E-state index in [1.807, 2.05) is 17.0 Å². The Morgan fingerprint density at radius 3 is 2.57 bits per heavy atom. The molecule has 2 saturated carbocycles. The van der Waals surface area contributed by atoms with Crippen molar-refractivity contribution in [2.45, 2.75) is 69.5 Å². The molecule has 35 heavy (non-hydrogen) atoms. The van der Waals surface area contributed by atoms with Crippen LogP contribution in [-0.4, -0.2) is 66.5 Å². The molecule has 0 radical (unpaired) electrons. The molecule has 2 spiro atoms. The van der Waals surface area contributed by atoms with Crippen LogP contribution in [-0.2, 0) is 16.1 Å². The molecular formula is C25H26N6O4. The van der Waals surface area contributed by atoms with Crippen molar-refractivity contribution in [2.75, 3.05) is 6.54 Å². The summed E-state index contributed by atoms with van der Waals surface area (Å²) in [6.45, 7) is 1.14. The average Bonchev–Trinajstić information content (AvgIpc) is 3.36. The summed E-state index contributed by atoms with van der Waals surface area (Å²) in [5, 5.41) is 10.7. The van der Waals surface area contributed by atoms with Crippen molar-refractivity contribution in [1.29, 1.82) is 0 Å². The highest BCUT2D eigenvalue weighted by atomic mass is 16.2. The van der Waals surface area contributed by atoms with Crippen LogP contribution in [0.1, 0.15) is 77.8 Å². The van der Waals surface area contributed by atoms with E-state index in [2.05, 4.69) is 15.6 Å². The largest absolute Gasteiger partial charge is 0.330 e. The van der Waals surface area contributed by atoms with Gasteiger partial charge in [0.25, 0.3) is 11.8 Å². The number of hydrogen-bond donors (Lipinski definition) is 1. The Hall–Kier alpha value is -3.56. The van der Waals surface area contributed by atoms with Crippen LogP contribution in [0.5, 0.6) is 0 Å². The van der Waals surface area contributed by atoms with Gasteiger partial charge in [0.05, 0.1) is 17.4 Å². The predicted molar refractivity (Wildman–Crippen MR) is 121 cm³/mol. The Labute approximate surface area is 201 Å². The van der Waals surface area contributed by atoms with Gasteiger partial charge in [-0.05, 0) is 56.2 Å². The molecule has 1 aromatic carbocycles. The Balaban J connectivity index is 1.11. The third-order valence-corrected chi connectivity index (χ3v) is 9.19. The van der Waals surface area contributed by atoms with Crippen LogP contribution >= 0.6 is 0 Å². The van der Waals surface area contributed by atoms with Gasteiger partial charge >= 0.3 is 0 Å². The number of imide groups is 1. The molecule has 4 amide bonds. The van der Waals surface area contributed by atoms with Gasteiger partial charge in [0.15, 0.2) is 5.69 Å². The third kappa shape index (κ3) is 2.70. The van der Waals surface area contributed by atoms with Crippen molar-refractivity contribution in [1.82, 2.24) is 30.1 Å². The summed E-state index contributed by atoms with van der Waals surface area (Å²) in [6, 6.07) is 4.76. The number of carbonyl (C=O) groups is 4. The van der Waals surface area contributed by atoms with E-state index in [0.717, 1.165) is 24.9 Å². The zero-order valence-corrected chi connectivity index (χ0v) is 19.3. The maximum atomic E-state index is 13.3. The number of fused-ring (bicyclic) bond motifs is 2. The van der Waals surface area contributed by atoms with Crippen LogP contribution in [0, 0.1) is 5.41 Å². The number of amides is 4. The quantitative estimate of drug-likeness (QED) is 0.675. The standard InChI is InChI=1S/C25H26N6O4/c32-20-6-5-19(21(33)26-20)29-12-15-3-4-16(11-17(15)22(29)34)31-13-18(27-28-31)23(35)30-14-24(7-1-8-24)25(30)9-2-10-25/h3-4,11,13,19H,1-2,5-10,12,14H2,(H,26,32,33). The normalized spacial score (nSPS) is 25.7. The van der Waals surface area contributed by atoms with Crippen molar-refractivity contribution in [2.24, 2.45) is 5.41 Å². The Bertz CT molecular complexity index is 1310. The summed E-state index contributed by atoms with van der Waals surface area (Å²) >= 11 is 0. The fraction of sp³-hybridized carbons (Fsp3) is 0.520. The molecule has 1 N–H and O–H groups in total. The lowest BCUT2D eigenvalue weighted by Crippen LogP contribution is -2.80. The van der Waals surface area contributed by atoms with E-state index < -0.39 is 11.9 Å². The topological polar surface area (TPSA) is 118 Å². The van der Waals surface area contributed by atoms with Gasteiger partial charge in [0, 0.05) is 30.5 Å². The van der Waals surface area contributed by atoms with E-state index in [1.54, 1.807) is 12.3 Å². The zero-order chi connectivity index (χ0) is 23.9. The molecule has 1 aromatic heterocycles. The van der Waals surface area contributed by atoms with Gasteiger partial charge in [-0.15, -0.1) is 5.10 Å². The van der Waals surface area contributed by atoms with E-state index in [4.69, 9.17) is 0 Å². The smallest absolute Gasteiger partial charge is 0.276 e. The monoisotopic (exact) mass is 474 g/mol. The van der Waals surface area contributed by atoms with Gasteiger partial charge in [-0.1, -0.05) is 17.7 Å². The van der Waals surface area contributed by atoms with Crippen molar-refractivity contribution in [3.8, 4) is 5.69 Å². The number of nitrogens with one attached hydrogen (secondary N) is 1. The van der Waals surface area contributed by atoms with Gasteiger partial charge in [-0.2, -0.15) is 0 Å². The lowest BCUT2D eigenvalue weighted by molar-refractivity contribution is -0.212. The van der Waals surface area contributed by atoms with E-state index >= 15 is 0 Å². The molecule has 2 saturated heterocycles. The Morgan fingerprint density at radius 1 is 1.09 bits per heavy atom. The lowest BCUT2D eigenvalue weighted by Gasteiger charge is -2.74. The molecule has 10 heteroatoms. The summed E-state index contributed by atoms with van der Waals surface area (Å²) in [7, 11) is 0. The molecule has 3 aliphatic heterocycles. The minimum atomic E-state index is -0.652. The second-order valence-corrected chi connectivity index (χ2v) is 10.7. The number of aromatic nitrogens is 3.